The molecule has 0 saturated carbocycles. The molecule has 2 aromatic rings. The van der Waals surface area contributed by atoms with Crippen LogP contribution in [0.4, 0.5) is 17.1 Å². The number of benzene rings is 2. The summed E-state index contributed by atoms with van der Waals surface area (Å²) in [5.74, 6) is -0.135. The van der Waals surface area contributed by atoms with Gasteiger partial charge in [-0.1, -0.05) is 0 Å². The summed E-state index contributed by atoms with van der Waals surface area (Å²) in [5, 5.41) is 2.77. The van der Waals surface area contributed by atoms with Crippen LogP contribution in [0.2, 0.25) is 0 Å². The molecule has 0 aliphatic carbocycles. The van der Waals surface area contributed by atoms with Crippen LogP contribution in [0.15, 0.2) is 47.4 Å². The highest BCUT2D eigenvalue weighted by Gasteiger charge is 2.39. The summed E-state index contributed by atoms with van der Waals surface area (Å²) in [7, 11) is 0.0966. The van der Waals surface area contributed by atoms with Crippen molar-refractivity contribution in [1.29, 1.82) is 0 Å². The minimum Gasteiger partial charge on any atom is -0.378 e. The minimum absolute atomic E-state index is 0.132. The topological polar surface area (TPSA) is 78.5 Å². The number of nitrogens with one attached hydrogen (secondary N) is 2. The summed E-state index contributed by atoms with van der Waals surface area (Å²) in [4.78, 5) is 14.1. The number of carbonyl (C=O) groups excluding carboxylic acids is 1. The fourth-order valence-corrected chi connectivity index (χ4v) is 3.84. The molecule has 1 aliphatic heterocycles. The maximum Gasteiger partial charge on any atom is 0.261 e. The lowest BCUT2D eigenvalue weighted by Gasteiger charge is -2.16. The first-order chi connectivity index (χ1) is 11.6. The van der Waals surface area contributed by atoms with Crippen molar-refractivity contribution >= 4 is 33.0 Å². The Balaban J connectivity index is 1.91. The molecule has 0 aromatic heterocycles. The summed E-state index contributed by atoms with van der Waals surface area (Å²) in [5.41, 5.74) is 2.05. The van der Waals surface area contributed by atoms with Crippen molar-refractivity contribution in [3.05, 3.63) is 48.0 Å². The monoisotopic (exact) mass is 359 g/mol. The number of fused-ring (bicyclic) bond motifs is 1. The van der Waals surface area contributed by atoms with Gasteiger partial charge in [0.1, 0.15) is 0 Å². The van der Waals surface area contributed by atoms with Crippen LogP contribution in [0, 0.1) is 0 Å². The van der Waals surface area contributed by atoms with Gasteiger partial charge < -0.3 is 10.2 Å². The van der Waals surface area contributed by atoms with Gasteiger partial charge in [0.2, 0.25) is 5.91 Å². The zero-order valence-electron chi connectivity index (χ0n) is 14.6. The Labute approximate surface area is 147 Å². The summed E-state index contributed by atoms with van der Waals surface area (Å²) in [6.07, 6.45) is 0. The molecule has 0 atom stereocenters. The molecule has 1 aliphatic rings. The lowest BCUT2D eigenvalue weighted by molar-refractivity contribution is -0.119. The van der Waals surface area contributed by atoms with Crippen LogP contribution in [-0.4, -0.2) is 28.4 Å². The summed E-state index contributed by atoms with van der Waals surface area (Å²) in [6, 6.07) is 11.8. The minimum atomic E-state index is -3.74. The number of hydrogen-bond donors (Lipinski definition) is 2. The van der Waals surface area contributed by atoms with E-state index in [1.807, 2.05) is 31.1 Å². The van der Waals surface area contributed by atoms with Crippen molar-refractivity contribution in [1.82, 2.24) is 0 Å². The third-order valence-corrected chi connectivity index (χ3v) is 5.81. The van der Waals surface area contributed by atoms with Gasteiger partial charge in [-0.3, -0.25) is 9.52 Å². The van der Waals surface area contributed by atoms with Crippen molar-refractivity contribution < 1.29 is 13.2 Å². The van der Waals surface area contributed by atoms with Gasteiger partial charge in [0.15, 0.2) is 0 Å². The lowest BCUT2D eigenvalue weighted by atomic mass is 9.86. The van der Waals surface area contributed by atoms with Crippen LogP contribution in [0.3, 0.4) is 0 Å². The van der Waals surface area contributed by atoms with Gasteiger partial charge in [-0.2, -0.15) is 0 Å². The van der Waals surface area contributed by atoms with Crippen LogP contribution < -0.4 is 14.9 Å². The molecule has 0 radical (unpaired) electrons. The van der Waals surface area contributed by atoms with Crippen molar-refractivity contribution in [3.8, 4) is 0 Å². The Morgan fingerprint density at radius 1 is 1.04 bits per heavy atom. The molecule has 1 heterocycles. The molecule has 25 heavy (non-hydrogen) atoms. The van der Waals surface area contributed by atoms with Crippen LogP contribution in [-0.2, 0) is 20.2 Å². The van der Waals surface area contributed by atoms with E-state index < -0.39 is 15.4 Å². The number of carbonyl (C=O) groups is 1. The van der Waals surface area contributed by atoms with E-state index in [1.165, 1.54) is 6.07 Å². The number of amides is 1. The van der Waals surface area contributed by atoms with E-state index in [1.54, 1.807) is 38.1 Å². The molecule has 2 aromatic carbocycles. The molecule has 3 rings (SSSR count). The third kappa shape index (κ3) is 3.07. The maximum atomic E-state index is 12.7. The first-order valence-electron chi connectivity index (χ1n) is 7.87. The molecule has 132 valence electrons. The Morgan fingerprint density at radius 3 is 2.28 bits per heavy atom. The third-order valence-electron chi connectivity index (χ3n) is 4.43. The van der Waals surface area contributed by atoms with Crippen molar-refractivity contribution in [2.75, 3.05) is 29.0 Å². The highest BCUT2D eigenvalue weighted by atomic mass is 32.2. The second-order valence-electron chi connectivity index (χ2n) is 6.83. The first kappa shape index (κ1) is 17.3. The molecule has 6 nitrogen and oxygen atoms in total. The standard InChI is InChI=1S/C18H21N3O3S/c1-18(2)15-11-14(9-10-16(15)19-17(18)22)25(23,24)20-12-5-7-13(8-6-12)21(3)4/h5-11,20H,1-4H3,(H,19,22). The number of sulfonamides is 1. The predicted octanol–water partition coefficient (Wildman–Crippen LogP) is 2.78. The molecule has 7 heteroatoms. The zero-order valence-corrected chi connectivity index (χ0v) is 15.4. The first-order valence-corrected chi connectivity index (χ1v) is 9.36. The largest absolute Gasteiger partial charge is 0.378 e. The molecule has 0 bridgehead atoms. The van der Waals surface area contributed by atoms with Gasteiger partial charge in [-0.05, 0) is 61.9 Å². The van der Waals surface area contributed by atoms with E-state index in [0.717, 1.165) is 5.69 Å². The molecular formula is C18H21N3O3S. The molecular weight excluding hydrogens is 338 g/mol. The second-order valence-corrected chi connectivity index (χ2v) is 8.52. The van der Waals surface area contributed by atoms with Gasteiger partial charge in [0.25, 0.3) is 10.0 Å². The van der Waals surface area contributed by atoms with E-state index >= 15 is 0 Å². The highest BCUT2D eigenvalue weighted by molar-refractivity contribution is 7.92. The highest BCUT2D eigenvalue weighted by Crippen LogP contribution is 2.38. The molecule has 2 N–H and O–H groups in total. The van der Waals surface area contributed by atoms with Crippen LogP contribution >= 0.6 is 0 Å². The number of hydrogen-bond acceptors (Lipinski definition) is 4. The summed E-state index contributed by atoms with van der Waals surface area (Å²) >= 11 is 0. The van der Waals surface area contributed by atoms with Gasteiger partial charge in [-0.25, -0.2) is 8.42 Å². The van der Waals surface area contributed by atoms with Gasteiger partial charge >= 0.3 is 0 Å². The number of rotatable bonds is 4. The zero-order chi connectivity index (χ0) is 18.4. The molecule has 0 unspecified atom stereocenters. The van der Waals surface area contributed by atoms with Crippen molar-refractivity contribution in [2.45, 2.75) is 24.2 Å². The van der Waals surface area contributed by atoms with E-state index in [9.17, 15) is 13.2 Å². The van der Waals surface area contributed by atoms with Crippen LogP contribution in [0.25, 0.3) is 0 Å². The summed E-state index contributed by atoms with van der Waals surface area (Å²) in [6.45, 7) is 3.55. The fourth-order valence-electron chi connectivity index (χ4n) is 2.76. The molecule has 0 spiro atoms. The van der Waals surface area contributed by atoms with Gasteiger partial charge in [0.05, 0.1) is 10.3 Å². The Hall–Kier alpha value is -2.54. The lowest BCUT2D eigenvalue weighted by Crippen LogP contribution is -2.27. The SMILES string of the molecule is CN(C)c1ccc(NS(=O)(=O)c2ccc3c(c2)C(C)(C)C(=O)N3)cc1. The van der Waals surface area contributed by atoms with E-state index in [-0.39, 0.29) is 10.8 Å². The van der Waals surface area contributed by atoms with E-state index in [2.05, 4.69) is 10.0 Å². The predicted molar refractivity (Wildman–Crippen MR) is 99.7 cm³/mol. The Morgan fingerprint density at radius 2 is 1.68 bits per heavy atom. The van der Waals surface area contributed by atoms with E-state index in [0.29, 0.717) is 16.9 Å². The van der Waals surface area contributed by atoms with Gasteiger partial charge in [0, 0.05) is 31.2 Å². The second kappa shape index (κ2) is 5.77. The van der Waals surface area contributed by atoms with Crippen LogP contribution in [0.5, 0.6) is 0 Å². The maximum absolute atomic E-state index is 12.7. The smallest absolute Gasteiger partial charge is 0.261 e. The van der Waals surface area contributed by atoms with Crippen LogP contribution in [0.1, 0.15) is 19.4 Å². The van der Waals surface area contributed by atoms with Crippen molar-refractivity contribution in [3.63, 3.8) is 0 Å². The summed E-state index contributed by atoms with van der Waals surface area (Å²) < 4.78 is 28.0. The molecule has 0 fully saturated rings. The number of nitrogens with zero attached hydrogens (tertiary/aromatic N) is 1. The molecule has 1 amide bonds. The normalized spacial score (nSPS) is 15.4. The Bertz CT molecular complexity index is 933. The average Bonchev–Trinajstić information content (AvgIpc) is 2.77. The Kier molecular flexibility index (Phi) is 3.99. The fraction of sp³-hybridized carbons (Fsp3) is 0.278. The number of anilines is 3. The van der Waals surface area contributed by atoms with Gasteiger partial charge in [-0.15, -0.1) is 0 Å². The van der Waals surface area contributed by atoms with Crippen molar-refractivity contribution in [2.24, 2.45) is 0 Å². The average molecular weight is 359 g/mol. The quantitative estimate of drug-likeness (QED) is 0.880. The molecule has 0 saturated heterocycles. The van der Waals surface area contributed by atoms with E-state index in [4.69, 9.17) is 0 Å².